The first-order valence-electron chi connectivity index (χ1n) is 6.08. The first-order valence-corrected chi connectivity index (χ1v) is 8.21. The standard InChI is InChI=1S/C11H15NOS2.C2H6/c1-8-6-9-4-3-5-15(13)11(9)7-10(8)14-12-2;1-2/h6-7,12H,3-5H2,1-2H3;1-2H3. The van der Waals surface area contributed by atoms with E-state index >= 15 is 0 Å². The van der Waals surface area contributed by atoms with E-state index in [4.69, 9.17) is 0 Å². The lowest BCUT2D eigenvalue weighted by Gasteiger charge is -2.17. The van der Waals surface area contributed by atoms with Crippen LogP contribution in [-0.2, 0) is 17.2 Å². The molecule has 0 aromatic heterocycles. The molecular formula is C13H21NOS2. The van der Waals surface area contributed by atoms with Crippen molar-refractivity contribution < 1.29 is 4.21 Å². The zero-order valence-corrected chi connectivity index (χ0v) is 12.6. The smallest absolute Gasteiger partial charge is 0.0532 e. The first kappa shape index (κ1) is 14.7. The van der Waals surface area contributed by atoms with Gasteiger partial charge in [-0.25, -0.2) is 0 Å². The minimum absolute atomic E-state index is 0.778. The molecule has 0 amide bonds. The molecule has 0 fully saturated rings. The van der Waals surface area contributed by atoms with Crippen molar-refractivity contribution in [3.63, 3.8) is 0 Å². The Morgan fingerprint density at radius 3 is 2.71 bits per heavy atom. The lowest BCUT2D eigenvalue weighted by Crippen LogP contribution is -2.11. The molecular weight excluding hydrogens is 250 g/mol. The van der Waals surface area contributed by atoms with Crippen LogP contribution < -0.4 is 4.72 Å². The molecule has 1 unspecified atom stereocenters. The van der Waals surface area contributed by atoms with Crippen LogP contribution >= 0.6 is 11.9 Å². The van der Waals surface area contributed by atoms with E-state index in [1.54, 1.807) is 11.9 Å². The molecule has 1 N–H and O–H groups in total. The van der Waals surface area contributed by atoms with Crippen LogP contribution in [0.4, 0.5) is 0 Å². The Morgan fingerprint density at radius 2 is 2.06 bits per heavy atom. The predicted octanol–water partition coefficient (Wildman–Crippen LogP) is 3.30. The van der Waals surface area contributed by atoms with Gasteiger partial charge in [0.15, 0.2) is 0 Å². The number of rotatable bonds is 2. The van der Waals surface area contributed by atoms with E-state index in [0.29, 0.717) is 0 Å². The van der Waals surface area contributed by atoms with Gasteiger partial charge in [0, 0.05) is 15.5 Å². The van der Waals surface area contributed by atoms with Gasteiger partial charge < -0.3 is 0 Å². The van der Waals surface area contributed by atoms with Gasteiger partial charge in [0.2, 0.25) is 0 Å². The summed E-state index contributed by atoms with van der Waals surface area (Å²) in [5.41, 5.74) is 2.55. The third kappa shape index (κ3) is 3.57. The highest BCUT2D eigenvalue weighted by Crippen LogP contribution is 2.29. The van der Waals surface area contributed by atoms with Crippen LogP contribution in [0.5, 0.6) is 0 Å². The Balaban J connectivity index is 0.000000686. The number of hydrogen-bond acceptors (Lipinski definition) is 3. The van der Waals surface area contributed by atoms with Gasteiger partial charge in [-0.3, -0.25) is 8.93 Å². The van der Waals surface area contributed by atoms with Gasteiger partial charge in [-0.2, -0.15) is 0 Å². The number of aryl methyl sites for hydroxylation is 2. The van der Waals surface area contributed by atoms with Crippen molar-refractivity contribution >= 4 is 22.7 Å². The van der Waals surface area contributed by atoms with Crippen LogP contribution in [0.2, 0.25) is 0 Å². The SMILES string of the molecule is CC.CNSc1cc2c(cc1C)CCCS2=O. The molecule has 0 aliphatic carbocycles. The highest BCUT2D eigenvalue weighted by molar-refractivity contribution is 7.97. The van der Waals surface area contributed by atoms with Crippen LogP contribution in [0.25, 0.3) is 0 Å². The number of benzene rings is 1. The summed E-state index contributed by atoms with van der Waals surface area (Å²) in [6, 6.07) is 4.27. The summed E-state index contributed by atoms with van der Waals surface area (Å²) in [7, 11) is 1.12. The van der Waals surface area contributed by atoms with E-state index in [1.807, 2.05) is 20.9 Å². The van der Waals surface area contributed by atoms with Crippen LogP contribution in [0.15, 0.2) is 21.9 Å². The second-order valence-electron chi connectivity index (χ2n) is 3.68. The second-order valence-corrected chi connectivity index (χ2v) is 6.28. The summed E-state index contributed by atoms with van der Waals surface area (Å²) in [6.45, 7) is 6.11. The van der Waals surface area contributed by atoms with E-state index in [1.165, 1.54) is 16.0 Å². The third-order valence-corrected chi connectivity index (χ3v) is 4.99. The van der Waals surface area contributed by atoms with E-state index in [0.717, 1.165) is 23.5 Å². The minimum Gasteiger partial charge on any atom is -0.263 e. The highest BCUT2D eigenvalue weighted by Gasteiger charge is 2.17. The van der Waals surface area contributed by atoms with Crippen LogP contribution in [0.3, 0.4) is 0 Å². The quantitative estimate of drug-likeness (QED) is 0.837. The average molecular weight is 271 g/mol. The van der Waals surface area contributed by atoms with Crippen LogP contribution in [0, 0.1) is 6.92 Å². The van der Waals surface area contributed by atoms with E-state index in [9.17, 15) is 4.21 Å². The molecule has 2 nitrogen and oxygen atoms in total. The van der Waals surface area contributed by atoms with Gasteiger partial charge in [0.25, 0.3) is 0 Å². The zero-order valence-electron chi connectivity index (χ0n) is 11.0. The van der Waals surface area contributed by atoms with E-state index < -0.39 is 10.8 Å². The largest absolute Gasteiger partial charge is 0.263 e. The maximum absolute atomic E-state index is 11.8. The molecule has 0 saturated heterocycles. The van der Waals surface area contributed by atoms with Crippen LogP contribution in [0.1, 0.15) is 31.4 Å². The molecule has 2 rings (SSSR count). The Kier molecular flexibility index (Phi) is 6.23. The van der Waals surface area contributed by atoms with Gasteiger partial charge in [0.1, 0.15) is 0 Å². The number of fused-ring (bicyclic) bond motifs is 1. The molecule has 96 valence electrons. The third-order valence-electron chi connectivity index (χ3n) is 2.59. The Bertz CT molecular complexity index is 405. The van der Waals surface area contributed by atoms with E-state index in [-0.39, 0.29) is 0 Å². The Hall–Kier alpha value is -0.320. The Labute approximate surface area is 111 Å². The van der Waals surface area contributed by atoms with Crippen molar-refractivity contribution in [3.05, 3.63) is 23.3 Å². The van der Waals surface area contributed by atoms with Crippen molar-refractivity contribution in [2.45, 2.75) is 43.4 Å². The monoisotopic (exact) mass is 271 g/mol. The normalized spacial score (nSPS) is 18.0. The summed E-state index contributed by atoms with van der Waals surface area (Å²) >= 11 is 1.59. The summed E-state index contributed by atoms with van der Waals surface area (Å²) < 4.78 is 14.9. The molecule has 1 aromatic rings. The molecule has 0 radical (unpaired) electrons. The van der Waals surface area contributed by atoms with Gasteiger partial charge in [-0.05, 0) is 56.0 Å². The highest BCUT2D eigenvalue weighted by atomic mass is 32.2. The Morgan fingerprint density at radius 1 is 1.35 bits per heavy atom. The minimum atomic E-state index is -0.778. The summed E-state index contributed by atoms with van der Waals surface area (Å²) in [6.07, 6.45) is 2.13. The maximum atomic E-state index is 11.8. The zero-order chi connectivity index (χ0) is 12.8. The lowest BCUT2D eigenvalue weighted by molar-refractivity contribution is 0.673. The molecule has 0 saturated carbocycles. The molecule has 17 heavy (non-hydrogen) atoms. The lowest BCUT2D eigenvalue weighted by atomic mass is 10.1. The van der Waals surface area contributed by atoms with Crippen molar-refractivity contribution in [1.82, 2.24) is 4.72 Å². The number of hydrogen-bond donors (Lipinski definition) is 1. The molecule has 1 atom stereocenters. The molecule has 1 heterocycles. The van der Waals surface area contributed by atoms with Crippen molar-refractivity contribution in [2.24, 2.45) is 0 Å². The van der Waals surface area contributed by atoms with Crippen molar-refractivity contribution in [2.75, 3.05) is 12.8 Å². The fourth-order valence-corrected chi connectivity index (χ4v) is 3.88. The van der Waals surface area contributed by atoms with E-state index in [2.05, 4.69) is 23.8 Å². The fraction of sp³-hybridized carbons (Fsp3) is 0.538. The molecule has 1 aliphatic heterocycles. The first-order chi connectivity index (χ1) is 8.22. The van der Waals surface area contributed by atoms with Crippen molar-refractivity contribution in [3.8, 4) is 0 Å². The van der Waals surface area contributed by atoms with Gasteiger partial charge in [0.05, 0.1) is 10.8 Å². The average Bonchev–Trinajstić information content (AvgIpc) is 2.34. The van der Waals surface area contributed by atoms with Crippen molar-refractivity contribution in [1.29, 1.82) is 0 Å². The topological polar surface area (TPSA) is 29.1 Å². The van der Waals surface area contributed by atoms with Crippen LogP contribution in [-0.4, -0.2) is 17.0 Å². The number of nitrogens with one attached hydrogen (secondary N) is 1. The second kappa shape index (κ2) is 7.19. The maximum Gasteiger partial charge on any atom is 0.0532 e. The predicted molar refractivity (Wildman–Crippen MR) is 77.0 cm³/mol. The molecule has 1 aromatic carbocycles. The molecule has 1 aliphatic rings. The summed E-state index contributed by atoms with van der Waals surface area (Å²) in [5, 5.41) is 0. The fourth-order valence-electron chi connectivity index (χ4n) is 1.86. The van der Waals surface area contributed by atoms with Gasteiger partial charge in [-0.15, -0.1) is 0 Å². The molecule has 0 bridgehead atoms. The summed E-state index contributed by atoms with van der Waals surface area (Å²) in [5.74, 6) is 0.819. The molecule has 4 heteroatoms. The molecule has 0 spiro atoms. The van der Waals surface area contributed by atoms with Gasteiger partial charge >= 0.3 is 0 Å². The summed E-state index contributed by atoms with van der Waals surface area (Å²) in [4.78, 5) is 2.23. The van der Waals surface area contributed by atoms with Gasteiger partial charge in [-0.1, -0.05) is 19.9 Å².